The highest BCUT2D eigenvalue weighted by molar-refractivity contribution is 7.89. The predicted octanol–water partition coefficient (Wildman–Crippen LogP) is 2.60. The number of likely N-dealkylation sites (N-methyl/N-ethyl adjacent to an activating group) is 1. The van der Waals surface area contributed by atoms with Crippen molar-refractivity contribution in [3.8, 4) is 5.75 Å². The summed E-state index contributed by atoms with van der Waals surface area (Å²) in [7, 11) is 0.123. The molecule has 0 spiro atoms. The van der Waals surface area contributed by atoms with Gasteiger partial charge in [0.05, 0.1) is 31.7 Å². The maximum atomic E-state index is 13.4. The largest absolute Gasteiger partial charge is 0.494 e. The van der Waals surface area contributed by atoms with Gasteiger partial charge in [-0.1, -0.05) is 12.1 Å². The van der Waals surface area contributed by atoms with E-state index in [0.717, 1.165) is 63.5 Å². The molecule has 44 heavy (non-hydrogen) atoms. The van der Waals surface area contributed by atoms with Crippen molar-refractivity contribution in [3.63, 3.8) is 0 Å². The average molecular weight is 624 g/mol. The van der Waals surface area contributed by atoms with E-state index in [1.165, 1.54) is 10.6 Å². The Bertz CT molecular complexity index is 1520. The van der Waals surface area contributed by atoms with Crippen LogP contribution in [0.4, 0.5) is 29.0 Å². The summed E-state index contributed by atoms with van der Waals surface area (Å²) in [5.74, 6) is 1.20. The molecule has 0 atom stereocenters. The van der Waals surface area contributed by atoms with Crippen molar-refractivity contribution < 1.29 is 17.9 Å². The molecule has 0 bridgehead atoms. The summed E-state index contributed by atoms with van der Waals surface area (Å²) in [5, 5.41) is 6.30. The molecule has 236 valence electrons. The number of benzene rings is 2. The molecule has 0 saturated carbocycles. The highest BCUT2D eigenvalue weighted by Crippen LogP contribution is 2.33. The van der Waals surface area contributed by atoms with Crippen molar-refractivity contribution in [3.05, 3.63) is 48.8 Å². The van der Waals surface area contributed by atoms with E-state index in [4.69, 9.17) is 9.47 Å². The third-order valence-corrected chi connectivity index (χ3v) is 10.6. The number of morpholine rings is 1. The zero-order chi connectivity index (χ0) is 30.5. The normalized spacial score (nSPS) is 19.5. The molecule has 0 unspecified atom stereocenters. The highest BCUT2D eigenvalue weighted by atomic mass is 32.2. The van der Waals surface area contributed by atoms with E-state index >= 15 is 0 Å². The van der Waals surface area contributed by atoms with E-state index in [2.05, 4.69) is 53.4 Å². The number of sulfonamides is 1. The number of ether oxygens (including phenoxy) is 2. The van der Waals surface area contributed by atoms with Crippen molar-refractivity contribution in [1.82, 2.24) is 29.1 Å². The fraction of sp³-hybridized carbons (Fsp3) is 0.500. The van der Waals surface area contributed by atoms with Gasteiger partial charge in [0.15, 0.2) is 0 Å². The fourth-order valence-corrected chi connectivity index (χ4v) is 7.59. The molecule has 2 aromatic carbocycles. The summed E-state index contributed by atoms with van der Waals surface area (Å²) in [6.07, 6.45) is 3.69. The van der Waals surface area contributed by atoms with Crippen LogP contribution in [0.25, 0.3) is 0 Å². The fourth-order valence-electron chi connectivity index (χ4n) is 6.03. The van der Waals surface area contributed by atoms with Crippen LogP contribution >= 0.6 is 0 Å². The van der Waals surface area contributed by atoms with Gasteiger partial charge in [0, 0.05) is 70.2 Å². The average Bonchev–Trinajstić information content (AvgIpc) is 3.06. The Hall–Kier alpha value is -3.56. The van der Waals surface area contributed by atoms with Crippen LogP contribution in [0.3, 0.4) is 0 Å². The molecule has 3 aliphatic rings. The van der Waals surface area contributed by atoms with Gasteiger partial charge in [0.25, 0.3) is 0 Å². The topological polar surface area (TPSA) is 128 Å². The number of hydrogen-bond acceptors (Lipinski definition) is 12. The summed E-state index contributed by atoms with van der Waals surface area (Å²) in [6, 6.07) is 13.5. The first-order valence-electron chi connectivity index (χ1n) is 15.2. The van der Waals surface area contributed by atoms with Crippen molar-refractivity contribution in [2.24, 2.45) is 0 Å². The maximum Gasteiger partial charge on any atom is 0.245 e. The van der Waals surface area contributed by atoms with E-state index in [0.29, 0.717) is 49.7 Å². The van der Waals surface area contributed by atoms with Crippen LogP contribution in [-0.2, 0) is 14.8 Å². The van der Waals surface area contributed by atoms with Gasteiger partial charge < -0.3 is 29.9 Å². The lowest BCUT2D eigenvalue weighted by molar-refractivity contribution is 0.0730. The Labute approximate surface area is 259 Å². The standard InChI is InChI=1S/C30H41N9O4S/c1-36-13-15-38(16-14-36)23-9-11-37(12-10-23)24-7-8-25(27(21-24)42-2)33-29-31-22-32-30(35-29)34-26-5-3-4-6-28(26)44(40,41)39-17-19-43-20-18-39/h3-8,21-23H,9-20H2,1-2H3,(H2,31,32,33,34,35). The molecule has 3 aromatic rings. The van der Waals surface area contributed by atoms with E-state index < -0.39 is 10.0 Å². The SMILES string of the molecule is COc1cc(N2CCC(N3CCN(C)CC3)CC2)ccc1Nc1ncnc(Nc2ccccc2S(=O)(=O)N2CCOCC2)n1. The second-order valence-electron chi connectivity index (χ2n) is 11.3. The van der Waals surface area contributed by atoms with Gasteiger partial charge in [-0.25, -0.2) is 18.4 Å². The van der Waals surface area contributed by atoms with Crippen LogP contribution in [0.15, 0.2) is 53.7 Å². The van der Waals surface area contributed by atoms with E-state index in [-0.39, 0.29) is 10.8 Å². The minimum atomic E-state index is -3.73. The zero-order valence-corrected chi connectivity index (χ0v) is 26.2. The number of piperidine rings is 1. The maximum absolute atomic E-state index is 13.4. The summed E-state index contributed by atoms with van der Waals surface area (Å²) in [4.78, 5) is 20.6. The second-order valence-corrected chi connectivity index (χ2v) is 13.2. The third kappa shape index (κ3) is 6.89. The molecular formula is C30H41N9O4S. The first-order valence-corrected chi connectivity index (χ1v) is 16.6. The molecule has 4 heterocycles. The minimum absolute atomic E-state index is 0.154. The van der Waals surface area contributed by atoms with E-state index in [1.807, 2.05) is 12.1 Å². The number of aromatic nitrogens is 3. The molecule has 6 rings (SSSR count). The lowest BCUT2D eigenvalue weighted by atomic mass is 10.0. The number of nitrogens with one attached hydrogen (secondary N) is 2. The molecule has 1 aromatic heterocycles. The molecule has 3 fully saturated rings. The molecular weight excluding hydrogens is 582 g/mol. The molecule has 3 saturated heterocycles. The lowest BCUT2D eigenvalue weighted by Crippen LogP contribution is -2.52. The predicted molar refractivity (Wildman–Crippen MR) is 170 cm³/mol. The van der Waals surface area contributed by atoms with Crippen molar-refractivity contribution in [2.45, 2.75) is 23.8 Å². The number of para-hydroxylation sites is 1. The summed E-state index contributed by atoms with van der Waals surface area (Å²) < 4.78 is 39.2. The lowest BCUT2D eigenvalue weighted by Gasteiger charge is -2.42. The van der Waals surface area contributed by atoms with Gasteiger partial charge in [0.2, 0.25) is 21.9 Å². The highest BCUT2D eigenvalue weighted by Gasteiger charge is 2.29. The Morgan fingerprint density at radius 2 is 1.55 bits per heavy atom. The molecule has 13 nitrogen and oxygen atoms in total. The number of anilines is 5. The molecule has 14 heteroatoms. The van der Waals surface area contributed by atoms with E-state index in [9.17, 15) is 8.42 Å². The number of nitrogens with zero attached hydrogens (tertiary/aromatic N) is 7. The molecule has 0 radical (unpaired) electrons. The number of methoxy groups -OCH3 is 1. The number of rotatable bonds is 9. The van der Waals surface area contributed by atoms with Crippen molar-refractivity contribution in [1.29, 1.82) is 0 Å². The smallest absolute Gasteiger partial charge is 0.245 e. The van der Waals surface area contributed by atoms with Gasteiger partial charge in [0.1, 0.15) is 17.0 Å². The van der Waals surface area contributed by atoms with Crippen molar-refractivity contribution >= 4 is 39.0 Å². The molecule has 2 N–H and O–H groups in total. The van der Waals surface area contributed by atoms with Crippen LogP contribution < -0.4 is 20.3 Å². The van der Waals surface area contributed by atoms with Crippen LogP contribution in [0, 0.1) is 0 Å². The first kappa shape index (κ1) is 30.5. The van der Waals surface area contributed by atoms with Crippen molar-refractivity contribution in [2.75, 3.05) is 95.3 Å². The van der Waals surface area contributed by atoms with Gasteiger partial charge >= 0.3 is 0 Å². The molecule has 0 amide bonds. The zero-order valence-electron chi connectivity index (χ0n) is 25.4. The summed E-state index contributed by atoms with van der Waals surface area (Å²) in [6.45, 7) is 8.00. The quantitative estimate of drug-likeness (QED) is 0.364. The van der Waals surface area contributed by atoms with Crippen LogP contribution in [0.2, 0.25) is 0 Å². The first-order chi connectivity index (χ1) is 21.4. The summed E-state index contributed by atoms with van der Waals surface area (Å²) in [5.41, 5.74) is 2.23. The second kappa shape index (κ2) is 13.6. The Morgan fingerprint density at radius 3 is 2.25 bits per heavy atom. The Kier molecular flexibility index (Phi) is 9.42. The third-order valence-electron chi connectivity index (χ3n) is 8.61. The van der Waals surface area contributed by atoms with Gasteiger partial charge in [-0.15, -0.1) is 0 Å². The monoisotopic (exact) mass is 623 g/mol. The number of hydrogen-bond donors (Lipinski definition) is 2. The van der Waals surface area contributed by atoms with Gasteiger partial charge in [-0.05, 0) is 44.2 Å². The van der Waals surface area contributed by atoms with E-state index in [1.54, 1.807) is 31.4 Å². The molecule has 0 aliphatic carbocycles. The van der Waals surface area contributed by atoms with Gasteiger partial charge in [-0.2, -0.15) is 9.29 Å². The van der Waals surface area contributed by atoms with Crippen LogP contribution in [-0.4, -0.2) is 123 Å². The number of piperazine rings is 1. The van der Waals surface area contributed by atoms with Crippen LogP contribution in [0.5, 0.6) is 5.75 Å². The Morgan fingerprint density at radius 1 is 0.864 bits per heavy atom. The van der Waals surface area contributed by atoms with Crippen LogP contribution in [0.1, 0.15) is 12.8 Å². The summed E-state index contributed by atoms with van der Waals surface area (Å²) >= 11 is 0. The molecule has 3 aliphatic heterocycles. The minimum Gasteiger partial charge on any atom is -0.494 e. The Balaban J connectivity index is 1.12. The van der Waals surface area contributed by atoms with Gasteiger partial charge in [-0.3, -0.25) is 4.90 Å².